The van der Waals surface area contributed by atoms with Gasteiger partial charge in [-0.3, -0.25) is 0 Å². The molecule has 0 radical (unpaired) electrons. The number of allylic oxidation sites excluding steroid dienone is 1. The summed E-state index contributed by atoms with van der Waals surface area (Å²) in [7, 11) is 0.374. The Labute approximate surface area is 109 Å². The van der Waals surface area contributed by atoms with E-state index in [0.29, 0.717) is 4.90 Å². The van der Waals surface area contributed by atoms with Crippen molar-refractivity contribution < 1.29 is 8.42 Å². The molecule has 0 saturated heterocycles. The van der Waals surface area contributed by atoms with Crippen molar-refractivity contribution >= 4 is 16.1 Å². The molecule has 0 aliphatic rings. The summed E-state index contributed by atoms with van der Waals surface area (Å²) in [4.78, 5) is 0.346. The maximum atomic E-state index is 12.0. The van der Waals surface area contributed by atoms with Crippen molar-refractivity contribution in [3.63, 3.8) is 0 Å². The van der Waals surface area contributed by atoms with E-state index in [1.54, 1.807) is 47.6 Å². The quantitative estimate of drug-likeness (QED) is 0.604. The molecule has 0 aliphatic carbocycles. The number of hydrogen-bond donors (Lipinski definition) is 0. The Morgan fingerprint density at radius 3 is 2.44 bits per heavy atom. The molecule has 0 saturated carbocycles. The van der Waals surface area contributed by atoms with Crippen molar-refractivity contribution in [1.82, 2.24) is 5.01 Å². The summed E-state index contributed by atoms with van der Waals surface area (Å²) < 4.78 is 24.0. The Kier molecular flexibility index (Phi) is 5.09. The highest BCUT2D eigenvalue weighted by Gasteiger charge is 2.11. The summed E-state index contributed by atoms with van der Waals surface area (Å²) in [5.74, 6) is -0.0116. The fraction of sp³-hybridized carbons (Fsp3) is 0.308. The van der Waals surface area contributed by atoms with Crippen molar-refractivity contribution in [2.45, 2.75) is 11.8 Å². The molecule has 0 aliphatic heterocycles. The first kappa shape index (κ1) is 14.4. The summed E-state index contributed by atoms with van der Waals surface area (Å²) in [5, 5.41) is 5.70. The van der Waals surface area contributed by atoms with E-state index in [9.17, 15) is 8.42 Å². The van der Waals surface area contributed by atoms with Crippen molar-refractivity contribution in [3.05, 3.63) is 42.0 Å². The van der Waals surface area contributed by atoms with E-state index in [4.69, 9.17) is 0 Å². The van der Waals surface area contributed by atoms with Crippen LogP contribution in [0, 0.1) is 0 Å². The molecule has 0 bridgehead atoms. The zero-order valence-corrected chi connectivity index (χ0v) is 11.7. The van der Waals surface area contributed by atoms with Crippen LogP contribution in [0.2, 0.25) is 0 Å². The van der Waals surface area contributed by atoms with Crippen LogP contribution in [-0.2, 0) is 9.84 Å². The lowest BCUT2D eigenvalue weighted by Crippen LogP contribution is -2.06. The third-order valence-electron chi connectivity index (χ3n) is 2.22. The van der Waals surface area contributed by atoms with E-state index in [2.05, 4.69) is 5.10 Å². The fourth-order valence-electron chi connectivity index (χ4n) is 1.22. The molecule has 98 valence electrons. The van der Waals surface area contributed by atoms with Gasteiger partial charge in [0.1, 0.15) is 0 Å². The molecule has 1 rings (SSSR count). The van der Waals surface area contributed by atoms with Crippen LogP contribution >= 0.6 is 0 Å². The monoisotopic (exact) mass is 266 g/mol. The number of sulfone groups is 1. The zero-order chi connectivity index (χ0) is 13.6. The van der Waals surface area contributed by atoms with Gasteiger partial charge in [0, 0.05) is 20.3 Å². The third-order valence-corrected chi connectivity index (χ3v) is 3.82. The Hall–Kier alpha value is -1.62. The van der Waals surface area contributed by atoms with Gasteiger partial charge in [-0.2, -0.15) is 5.10 Å². The number of rotatable bonds is 5. The molecular formula is C13H18N2O2S. The number of nitrogens with zero attached hydrogens (tertiary/aromatic N) is 2. The second kappa shape index (κ2) is 6.35. The van der Waals surface area contributed by atoms with E-state index in [0.717, 1.165) is 5.57 Å². The van der Waals surface area contributed by atoms with Crippen LogP contribution in [-0.4, -0.2) is 39.5 Å². The normalized spacial score (nSPS) is 12.9. The first-order valence-electron chi connectivity index (χ1n) is 5.58. The minimum Gasteiger partial charge on any atom is -0.303 e. The highest BCUT2D eigenvalue weighted by Crippen LogP contribution is 2.10. The number of hydrogen-bond acceptors (Lipinski definition) is 4. The second-order valence-corrected chi connectivity index (χ2v) is 6.17. The van der Waals surface area contributed by atoms with Crippen LogP contribution in [0.5, 0.6) is 0 Å². The topological polar surface area (TPSA) is 49.7 Å². The van der Waals surface area contributed by atoms with Crippen LogP contribution in [0.15, 0.2) is 52.0 Å². The number of hydrazone groups is 1. The van der Waals surface area contributed by atoms with Gasteiger partial charge >= 0.3 is 0 Å². The van der Waals surface area contributed by atoms with Crippen molar-refractivity contribution in [2.24, 2.45) is 5.10 Å². The summed E-state index contributed by atoms with van der Waals surface area (Å²) >= 11 is 0. The molecule has 0 aromatic heterocycles. The summed E-state index contributed by atoms with van der Waals surface area (Å²) in [5.41, 5.74) is 0.822. The lowest BCUT2D eigenvalue weighted by Gasteiger charge is -2.03. The van der Waals surface area contributed by atoms with Gasteiger partial charge in [0.2, 0.25) is 0 Å². The average molecular weight is 266 g/mol. The van der Waals surface area contributed by atoms with Crippen molar-refractivity contribution in [3.8, 4) is 0 Å². The largest absolute Gasteiger partial charge is 0.303 e. The highest BCUT2D eigenvalue weighted by atomic mass is 32.2. The summed E-state index contributed by atoms with van der Waals surface area (Å²) in [6.45, 7) is 1.83. The molecule has 1 aromatic carbocycles. The van der Waals surface area contributed by atoms with Crippen LogP contribution in [0.4, 0.5) is 0 Å². The maximum absolute atomic E-state index is 12.0. The first-order chi connectivity index (χ1) is 8.42. The SMILES string of the molecule is CC(/C=N/N(C)C)=C\CS(=O)(=O)c1ccccc1. The summed E-state index contributed by atoms with van der Waals surface area (Å²) in [6, 6.07) is 8.44. The lowest BCUT2D eigenvalue weighted by molar-refractivity contribution is 0.440. The Morgan fingerprint density at radius 1 is 1.28 bits per heavy atom. The van der Waals surface area contributed by atoms with E-state index >= 15 is 0 Å². The van der Waals surface area contributed by atoms with Gasteiger partial charge in [-0.25, -0.2) is 8.42 Å². The molecule has 0 heterocycles. The molecule has 4 nitrogen and oxygen atoms in total. The van der Waals surface area contributed by atoms with Crippen LogP contribution in [0.25, 0.3) is 0 Å². The average Bonchev–Trinajstić information content (AvgIpc) is 2.35. The van der Waals surface area contributed by atoms with E-state index in [1.165, 1.54) is 0 Å². The molecule has 5 heteroatoms. The minimum atomic E-state index is -3.25. The van der Waals surface area contributed by atoms with Gasteiger partial charge < -0.3 is 5.01 Å². The molecule has 18 heavy (non-hydrogen) atoms. The highest BCUT2D eigenvalue weighted by molar-refractivity contribution is 7.91. The third kappa shape index (κ3) is 4.71. The molecule has 0 unspecified atom stereocenters. The van der Waals surface area contributed by atoms with Gasteiger partial charge in [0.05, 0.1) is 10.6 Å². The predicted molar refractivity (Wildman–Crippen MR) is 74.4 cm³/mol. The lowest BCUT2D eigenvalue weighted by atomic mass is 10.3. The Bertz CT molecular complexity index is 531. The molecule has 0 fully saturated rings. The molecule has 0 atom stereocenters. The van der Waals surface area contributed by atoms with Gasteiger partial charge in [-0.15, -0.1) is 0 Å². The van der Waals surface area contributed by atoms with Gasteiger partial charge in [-0.1, -0.05) is 24.3 Å². The van der Waals surface area contributed by atoms with Crippen LogP contribution in [0.3, 0.4) is 0 Å². The van der Waals surface area contributed by atoms with Crippen molar-refractivity contribution in [1.29, 1.82) is 0 Å². The summed E-state index contributed by atoms with van der Waals surface area (Å²) in [6.07, 6.45) is 3.30. The van der Waals surface area contributed by atoms with Gasteiger partial charge in [0.25, 0.3) is 0 Å². The molecule has 0 amide bonds. The smallest absolute Gasteiger partial charge is 0.181 e. The molecule has 1 aromatic rings. The van der Waals surface area contributed by atoms with Gasteiger partial charge in [0.15, 0.2) is 9.84 Å². The standard InChI is InChI=1S/C13H18N2O2S/c1-12(11-14-15(2)3)9-10-18(16,17)13-7-5-4-6-8-13/h4-9,11H,10H2,1-3H3/b12-9+,14-11+. The second-order valence-electron chi connectivity index (χ2n) is 4.13. The van der Waals surface area contributed by atoms with Crippen LogP contribution in [0.1, 0.15) is 6.92 Å². The zero-order valence-electron chi connectivity index (χ0n) is 10.9. The number of benzene rings is 1. The first-order valence-corrected chi connectivity index (χ1v) is 7.23. The molecule has 0 spiro atoms. The van der Waals surface area contributed by atoms with E-state index < -0.39 is 9.84 Å². The minimum absolute atomic E-state index is 0.0116. The molecular weight excluding hydrogens is 248 g/mol. The predicted octanol–water partition coefficient (Wildman–Crippen LogP) is 1.95. The van der Waals surface area contributed by atoms with Crippen molar-refractivity contribution in [2.75, 3.05) is 19.8 Å². The Balaban J connectivity index is 2.77. The Morgan fingerprint density at radius 2 is 1.89 bits per heavy atom. The van der Waals surface area contributed by atoms with E-state index in [1.807, 2.05) is 21.0 Å². The fourth-order valence-corrected chi connectivity index (χ4v) is 2.47. The van der Waals surface area contributed by atoms with E-state index in [-0.39, 0.29) is 5.75 Å². The maximum Gasteiger partial charge on any atom is 0.181 e. The van der Waals surface area contributed by atoms with Crippen LogP contribution < -0.4 is 0 Å². The van der Waals surface area contributed by atoms with Gasteiger partial charge in [-0.05, 0) is 24.6 Å². The molecule has 0 N–H and O–H groups in total.